The Bertz CT molecular complexity index is 615. The average molecular weight is 443 g/mol. The van der Waals surface area contributed by atoms with Crippen LogP contribution >= 0.6 is 15.9 Å². The van der Waals surface area contributed by atoms with Gasteiger partial charge in [0.05, 0.1) is 6.54 Å². The van der Waals surface area contributed by atoms with Crippen molar-refractivity contribution in [3.05, 3.63) is 34.3 Å². The number of amides is 2. The highest BCUT2D eigenvalue weighted by Crippen LogP contribution is 2.28. The van der Waals surface area contributed by atoms with E-state index < -0.39 is 18.4 Å². The van der Waals surface area contributed by atoms with Gasteiger partial charge in [0.1, 0.15) is 6.04 Å². The molecular formula is C19H27BrN2O5. The maximum absolute atomic E-state index is 13.2. The lowest BCUT2D eigenvalue weighted by atomic mass is 10.0. The number of hydrogen-bond acceptors (Lipinski definition) is 4. The highest BCUT2D eigenvalue weighted by molar-refractivity contribution is 9.10. The van der Waals surface area contributed by atoms with E-state index in [0.29, 0.717) is 19.8 Å². The van der Waals surface area contributed by atoms with E-state index in [1.807, 2.05) is 38.1 Å². The summed E-state index contributed by atoms with van der Waals surface area (Å²) in [7, 11) is 0. The van der Waals surface area contributed by atoms with Crippen LogP contribution in [0.5, 0.6) is 0 Å². The molecule has 0 saturated heterocycles. The van der Waals surface area contributed by atoms with Crippen LogP contribution in [0.3, 0.4) is 0 Å². The zero-order valence-corrected chi connectivity index (χ0v) is 17.3. The number of carbonyl (C=O) groups excluding carboxylic acids is 1. The minimum Gasteiger partial charge on any atom is -0.465 e. The Kier molecular flexibility index (Phi) is 8.53. The van der Waals surface area contributed by atoms with Crippen LogP contribution < -0.4 is 5.32 Å². The SMILES string of the molecule is CCOC(CN(C(=O)C(Cc1ccc(Br)cc1)NC(=O)O)C1CC1)OCC. The van der Waals surface area contributed by atoms with Crippen LogP contribution in [-0.2, 0) is 20.7 Å². The Hall–Kier alpha value is -1.64. The zero-order chi connectivity index (χ0) is 19.8. The van der Waals surface area contributed by atoms with E-state index in [4.69, 9.17) is 9.47 Å². The first-order chi connectivity index (χ1) is 12.9. The summed E-state index contributed by atoms with van der Waals surface area (Å²) < 4.78 is 12.1. The molecule has 1 unspecified atom stereocenters. The number of benzene rings is 1. The summed E-state index contributed by atoms with van der Waals surface area (Å²) in [6.45, 7) is 5.00. The van der Waals surface area contributed by atoms with Crippen LogP contribution in [0.15, 0.2) is 28.7 Å². The van der Waals surface area contributed by atoms with Gasteiger partial charge in [-0.05, 0) is 44.4 Å². The van der Waals surface area contributed by atoms with Gasteiger partial charge in [0.15, 0.2) is 6.29 Å². The third kappa shape index (κ3) is 7.12. The molecule has 0 aliphatic heterocycles. The van der Waals surface area contributed by atoms with Gasteiger partial charge in [-0.15, -0.1) is 0 Å². The summed E-state index contributed by atoms with van der Waals surface area (Å²) in [4.78, 5) is 26.1. The highest BCUT2D eigenvalue weighted by Gasteiger charge is 2.38. The molecule has 0 spiro atoms. The van der Waals surface area contributed by atoms with Gasteiger partial charge in [0.2, 0.25) is 5.91 Å². The number of ether oxygens (including phenoxy) is 2. The van der Waals surface area contributed by atoms with E-state index in [9.17, 15) is 14.7 Å². The van der Waals surface area contributed by atoms with E-state index in [-0.39, 0.29) is 18.4 Å². The van der Waals surface area contributed by atoms with E-state index in [0.717, 1.165) is 22.9 Å². The quantitative estimate of drug-likeness (QED) is 0.514. The van der Waals surface area contributed by atoms with Gasteiger partial charge in [0.25, 0.3) is 0 Å². The summed E-state index contributed by atoms with van der Waals surface area (Å²) in [5.74, 6) is -0.243. The van der Waals surface area contributed by atoms with Crippen molar-refractivity contribution >= 4 is 27.9 Å². The molecule has 1 aliphatic rings. The molecule has 2 rings (SSSR count). The van der Waals surface area contributed by atoms with Crippen molar-refractivity contribution in [2.45, 2.75) is 51.5 Å². The van der Waals surface area contributed by atoms with Crippen molar-refractivity contribution in [2.24, 2.45) is 0 Å². The second-order valence-electron chi connectivity index (χ2n) is 6.39. The second-order valence-corrected chi connectivity index (χ2v) is 7.31. The molecule has 8 heteroatoms. The zero-order valence-electron chi connectivity index (χ0n) is 15.7. The first-order valence-corrected chi connectivity index (χ1v) is 10.0. The van der Waals surface area contributed by atoms with Gasteiger partial charge < -0.3 is 24.8 Å². The van der Waals surface area contributed by atoms with E-state index >= 15 is 0 Å². The predicted octanol–water partition coefficient (Wildman–Crippen LogP) is 3.02. The Morgan fingerprint density at radius 2 is 1.81 bits per heavy atom. The van der Waals surface area contributed by atoms with Crippen LogP contribution in [0.1, 0.15) is 32.3 Å². The molecule has 1 aliphatic carbocycles. The third-order valence-electron chi connectivity index (χ3n) is 4.27. The fraction of sp³-hybridized carbons (Fsp3) is 0.579. The maximum Gasteiger partial charge on any atom is 0.405 e. The average Bonchev–Trinajstić information content (AvgIpc) is 3.45. The minimum atomic E-state index is -1.22. The van der Waals surface area contributed by atoms with Gasteiger partial charge in [0, 0.05) is 30.1 Å². The number of carboxylic acid groups (broad SMARTS) is 1. The molecule has 0 heterocycles. The number of carbonyl (C=O) groups is 2. The molecule has 2 amide bonds. The maximum atomic E-state index is 13.2. The van der Waals surface area contributed by atoms with E-state index in [2.05, 4.69) is 21.2 Å². The van der Waals surface area contributed by atoms with Crippen molar-refractivity contribution in [3.8, 4) is 0 Å². The largest absolute Gasteiger partial charge is 0.465 e. The summed E-state index contributed by atoms with van der Waals surface area (Å²) >= 11 is 3.38. The molecule has 1 aromatic rings. The molecule has 1 saturated carbocycles. The van der Waals surface area contributed by atoms with E-state index in [1.54, 1.807) is 4.90 Å². The molecule has 150 valence electrons. The van der Waals surface area contributed by atoms with Crippen molar-refractivity contribution in [1.29, 1.82) is 0 Å². The molecule has 1 aromatic carbocycles. The molecule has 27 heavy (non-hydrogen) atoms. The first-order valence-electron chi connectivity index (χ1n) is 9.22. The number of halogens is 1. The first kappa shape index (κ1) is 21.7. The molecule has 2 N–H and O–H groups in total. The van der Waals surface area contributed by atoms with Gasteiger partial charge in [-0.25, -0.2) is 4.79 Å². The Balaban J connectivity index is 2.13. The Labute approximate surface area is 168 Å². The second kappa shape index (κ2) is 10.6. The lowest BCUT2D eigenvalue weighted by Crippen LogP contribution is -2.52. The molecule has 0 radical (unpaired) electrons. The number of rotatable bonds is 11. The lowest BCUT2D eigenvalue weighted by molar-refractivity contribution is -0.160. The van der Waals surface area contributed by atoms with Crippen LogP contribution in [0, 0.1) is 0 Å². The lowest BCUT2D eigenvalue weighted by Gasteiger charge is -2.30. The minimum absolute atomic E-state index is 0.115. The monoisotopic (exact) mass is 442 g/mol. The molecule has 0 aromatic heterocycles. The standard InChI is InChI=1S/C19H27BrN2O5/c1-3-26-17(27-4-2)12-22(15-9-10-15)18(23)16(21-19(24)25)11-13-5-7-14(20)8-6-13/h5-8,15-17,21H,3-4,9-12H2,1-2H3,(H,24,25). The molecule has 1 atom stereocenters. The van der Waals surface area contributed by atoms with Crippen LogP contribution in [0.4, 0.5) is 4.79 Å². The highest BCUT2D eigenvalue weighted by atomic mass is 79.9. The van der Waals surface area contributed by atoms with Crippen LogP contribution in [0.25, 0.3) is 0 Å². The predicted molar refractivity (Wildman–Crippen MR) is 105 cm³/mol. The van der Waals surface area contributed by atoms with E-state index in [1.165, 1.54) is 0 Å². The molecular weight excluding hydrogens is 416 g/mol. The summed E-state index contributed by atoms with van der Waals surface area (Å²) in [6.07, 6.45) is 0.383. The van der Waals surface area contributed by atoms with Crippen molar-refractivity contribution in [1.82, 2.24) is 10.2 Å². The normalized spacial score (nSPS) is 14.8. The smallest absolute Gasteiger partial charge is 0.405 e. The Morgan fingerprint density at radius 1 is 1.22 bits per heavy atom. The third-order valence-corrected chi connectivity index (χ3v) is 4.80. The molecule has 7 nitrogen and oxygen atoms in total. The summed E-state index contributed by atoms with van der Waals surface area (Å²) in [5, 5.41) is 11.6. The number of hydrogen-bond donors (Lipinski definition) is 2. The topological polar surface area (TPSA) is 88.1 Å². The molecule has 0 bridgehead atoms. The van der Waals surface area contributed by atoms with Crippen molar-refractivity contribution < 1.29 is 24.2 Å². The number of nitrogens with one attached hydrogen (secondary N) is 1. The van der Waals surface area contributed by atoms with Crippen molar-refractivity contribution in [2.75, 3.05) is 19.8 Å². The van der Waals surface area contributed by atoms with Gasteiger partial charge >= 0.3 is 6.09 Å². The summed E-state index contributed by atoms with van der Waals surface area (Å²) in [6, 6.07) is 6.75. The van der Waals surface area contributed by atoms with Gasteiger partial charge in [-0.2, -0.15) is 0 Å². The molecule has 1 fully saturated rings. The number of nitrogens with zero attached hydrogens (tertiary/aromatic N) is 1. The fourth-order valence-corrected chi connectivity index (χ4v) is 3.16. The van der Waals surface area contributed by atoms with Crippen molar-refractivity contribution in [3.63, 3.8) is 0 Å². The van der Waals surface area contributed by atoms with Gasteiger partial charge in [-0.1, -0.05) is 28.1 Å². The van der Waals surface area contributed by atoms with Crippen LogP contribution in [-0.4, -0.2) is 60.1 Å². The summed E-state index contributed by atoms with van der Waals surface area (Å²) in [5.41, 5.74) is 0.882. The fourth-order valence-electron chi connectivity index (χ4n) is 2.90. The Morgan fingerprint density at radius 3 is 2.30 bits per heavy atom. The van der Waals surface area contributed by atoms with Crippen LogP contribution in [0.2, 0.25) is 0 Å². The van der Waals surface area contributed by atoms with Gasteiger partial charge in [-0.3, -0.25) is 4.79 Å².